The summed E-state index contributed by atoms with van der Waals surface area (Å²) in [7, 11) is -2.63. The van der Waals surface area contributed by atoms with E-state index in [-0.39, 0.29) is 27.9 Å². The molecule has 5 heteroatoms. The van der Waals surface area contributed by atoms with Crippen molar-refractivity contribution < 1.29 is 18.7 Å². The van der Waals surface area contributed by atoms with Crippen molar-refractivity contribution in [2.75, 3.05) is 13.2 Å². The second kappa shape index (κ2) is 10.1. The molecule has 4 aliphatic carbocycles. The van der Waals surface area contributed by atoms with Gasteiger partial charge in [0.05, 0.1) is 13.2 Å². The van der Waals surface area contributed by atoms with E-state index < -0.39 is 14.1 Å². The summed E-state index contributed by atoms with van der Waals surface area (Å²) in [5, 5.41) is 2.64. The van der Waals surface area contributed by atoms with Crippen molar-refractivity contribution in [2.24, 2.45) is 34.5 Å². The van der Waals surface area contributed by atoms with Gasteiger partial charge in [-0.3, -0.25) is 4.79 Å². The van der Waals surface area contributed by atoms with Crippen LogP contribution in [0, 0.1) is 34.5 Å². The number of ketones is 1. The van der Waals surface area contributed by atoms with Gasteiger partial charge in [0.1, 0.15) is 5.78 Å². The molecule has 7 atom stereocenters. The minimum atomic E-state index is -2.63. The van der Waals surface area contributed by atoms with Crippen LogP contribution in [0.1, 0.15) is 86.0 Å². The van der Waals surface area contributed by atoms with Gasteiger partial charge in [0.15, 0.2) is 5.79 Å². The third kappa shape index (κ3) is 4.06. The van der Waals surface area contributed by atoms with Crippen molar-refractivity contribution in [3.63, 3.8) is 0 Å². The van der Waals surface area contributed by atoms with Gasteiger partial charge in [0.2, 0.25) is 0 Å². The smallest absolute Gasteiger partial charge is 0.261 e. The summed E-state index contributed by atoms with van der Waals surface area (Å²) in [4.78, 5) is 14.2. The molecule has 0 radical (unpaired) electrons. The van der Waals surface area contributed by atoms with E-state index in [4.69, 9.17) is 13.9 Å². The molecule has 1 heterocycles. The van der Waals surface area contributed by atoms with Gasteiger partial charge in [0, 0.05) is 30.3 Å². The van der Waals surface area contributed by atoms with Gasteiger partial charge in [-0.05, 0) is 77.1 Å². The summed E-state index contributed by atoms with van der Waals surface area (Å²) in [6.07, 6.45) is 8.32. The maximum Gasteiger partial charge on any atom is 0.261 e. The molecule has 2 unspecified atom stereocenters. The summed E-state index contributed by atoms with van der Waals surface area (Å²) < 4.78 is 20.3. The van der Waals surface area contributed by atoms with Crippen LogP contribution in [0.15, 0.2) is 60.7 Å². The molecule has 0 bridgehead atoms. The van der Waals surface area contributed by atoms with Crippen molar-refractivity contribution >= 4 is 24.5 Å². The first-order valence-electron chi connectivity index (χ1n) is 16.6. The van der Waals surface area contributed by atoms with E-state index in [2.05, 4.69) is 95.3 Å². The highest BCUT2D eigenvalue weighted by atomic mass is 28.4. The molecule has 0 aromatic heterocycles. The first-order valence-corrected chi connectivity index (χ1v) is 18.5. The third-order valence-electron chi connectivity index (χ3n) is 13.0. The molecule has 2 aromatic carbocycles. The zero-order valence-corrected chi connectivity index (χ0v) is 27.4. The highest BCUT2D eigenvalue weighted by Gasteiger charge is 2.69. The number of benzene rings is 2. The highest BCUT2D eigenvalue weighted by molar-refractivity contribution is 6.99. The molecule has 4 saturated carbocycles. The Bertz CT molecular complexity index is 1260. The first-order chi connectivity index (χ1) is 20.0. The summed E-state index contributed by atoms with van der Waals surface area (Å²) in [5.74, 6) is 1.45. The maximum atomic E-state index is 14.2. The van der Waals surface area contributed by atoms with Crippen LogP contribution in [-0.2, 0) is 18.7 Å². The monoisotopic (exact) mass is 586 g/mol. The molecule has 1 spiro atoms. The average molecular weight is 587 g/mol. The largest absolute Gasteiger partial charge is 0.404 e. The van der Waals surface area contributed by atoms with Crippen LogP contribution in [0.5, 0.6) is 0 Å². The van der Waals surface area contributed by atoms with E-state index in [9.17, 15) is 4.79 Å². The lowest BCUT2D eigenvalue weighted by atomic mass is 9.44. The van der Waals surface area contributed by atoms with Gasteiger partial charge in [-0.25, -0.2) is 0 Å². The fourth-order valence-corrected chi connectivity index (χ4v) is 15.6. The molecule has 42 heavy (non-hydrogen) atoms. The number of carbonyl (C=O) groups is 1. The van der Waals surface area contributed by atoms with E-state index in [1.165, 1.54) is 10.4 Å². The van der Waals surface area contributed by atoms with Gasteiger partial charge < -0.3 is 13.9 Å². The van der Waals surface area contributed by atoms with Gasteiger partial charge in [-0.1, -0.05) is 95.3 Å². The molecular formula is C37H50O4Si. The predicted molar refractivity (Wildman–Crippen MR) is 169 cm³/mol. The number of carbonyl (C=O) groups excluding carboxylic acids is 1. The van der Waals surface area contributed by atoms with Crippen molar-refractivity contribution in [1.29, 1.82) is 0 Å². The normalized spacial score (nSPS) is 37.7. The fourth-order valence-electron chi connectivity index (χ4n) is 10.8. The molecule has 226 valence electrons. The quantitative estimate of drug-likeness (QED) is 0.366. The van der Waals surface area contributed by atoms with E-state index in [0.29, 0.717) is 43.2 Å². The topological polar surface area (TPSA) is 44.8 Å². The Hall–Kier alpha value is -1.79. The Balaban J connectivity index is 1.18. The van der Waals surface area contributed by atoms with Crippen molar-refractivity contribution in [3.8, 4) is 0 Å². The second-order valence-corrected chi connectivity index (χ2v) is 20.0. The Labute approximate surface area is 254 Å². The standard InChI is InChI=1S/C37H50O4Si/c1-34(2,3)42(28-12-8-6-9-13-28,29-14-10-7-11-15-29)41-27-16-19-35(4)26(24-27)25-32(38)33-30(35)17-20-36(5)31(33)18-21-37(36)39-22-23-40-37/h6-15,26-27,30-31,33H,16-25H2,1-5H3/t26?,27-,30-,31-,33?,35-,36-/m0/s1. The van der Waals surface area contributed by atoms with Crippen LogP contribution >= 0.6 is 0 Å². The first kappa shape index (κ1) is 28.9. The lowest BCUT2D eigenvalue weighted by Crippen LogP contribution is -2.68. The van der Waals surface area contributed by atoms with Crippen LogP contribution in [0.25, 0.3) is 0 Å². The third-order valence-corrected chi connectivity index (χ3v) is 18.1. The zero-order valence-electron chi connectivity index (χ0n) is 26.4. The minimum absolute atomic E-state index is 0.0411. The predicted octanol–water partition coefficient (Wildman–Crippen LogP) is 6.90. The van der Waals surface area contributed by atoms with Crippen LogP contribution in [0.2, 0.25) is 5.04 Å². The molecule has 1 saturated heterocycles. The Kier molecular flexibility index (Phi) is 6.97. The van der Waals surface area contributed by atoms with Crippen LogP contribution in [0.4, 0.5) is 0 Å². The molecule has 0 N–H and O–H groups in total. The average Bonchev–Trinajstić information content (AvgIpc) is 3.58. The van der Waals surface area contributed by atoms with Crippen molar-refractivity contribution in [2.45, 2.75) is 103 Å². The molecule has 7 rings (SSSR count). The maximum absolute atomic E-state index is 14.2. The van der Waals surface area contributed by atoms with Gasteiger partial charge in [0.25, 0.3) is 8.32 Å². The number of hydrogen-bond acceptors (Lipinski definition) is 4. The van der Waals surface area contributed by atoms with E-state index in [1.807, 2.05) is 0 Å². The number of hydrogen-bond donors (Lipinski definition) is 0. The summed E-state index contributed by atoms with van der Waals surface area (Å²) in [6.45, 7) is 13.4. The number of fused-ring (bicyclic) bond motifs is 6. The Morgan fingerprint density at radius 2 is 1.40 bits per heavy atom. The molecule has 5 aliphatic rings. The Morgan fingerprint density at radius 3 is 2.00 bits per heavy atom. The van der Waals surface area contributed by atoms with E-state index in [1.54, 1.807) is 0 Å². The van der Waals surface area contributed by atoms with Gasteiger partial charge >= 0.3 is 0 Å². The zero-order chi connectivity index (χ0) is 29.4. The van der Waals surface area contributed by atoms with E-state index in [0.717, 1.165) is 44.9 Å². The number of ether oxygens (including phenoxy) is 2. The lowest BCUT2D eigenvalue weighted by molar-refractivity contribution is -0.245. The lowest BCUT2D eigenvalue weighted by Gasteiger charge is -2.61. The Morgan fingerprint density at radius 1 is 0.810 bits per heavy atom. The van der Waals surface area contributed by atoms with Crippen LogP contribution < -0.4 is 10.4 Å². The molecule has 1 aliphatic heterocycles. The molecule has 0 amide bonds. The van der Waals surface area contributed by atoms with E-state index >= 15 is 0 Å². The molecule has 5 fully saturated rings. The number of rotatable bonds is 4. The summed E-state index contributed by atoms with van der Waals surface area (Å²) >= 11 is 0. The molecular weight excluding hydrogens is 536 g/mol. The van der Waals surface area contributed by atoms with Gasteiger partial charge in [-0.15, -0.1) is 0 Å². The number of Topliss-reactive ketones (excluding diaryl/α,β-unsaturated/α-hetero) is 1. The minimum Gasteiger partial charge on any atom is -0.404 e. The highest BCUT2D eigenvalue weighted by Crippen LogP contribution is 2.69. The van der Waals surface area contributed by atoms with Gasteiger partial charge in [-0.2, -0.15) is 0 Å². The summed E-state index contributed by atoms with van der Waals surface area (Å²) in [6, 6.07) is 22.0. The SMILES string of the molecule is CC(C)(C)[Si](O[C@H]1CC[C@@]2(C)C(CC(=O)C3[C@@H]2CC[C@@]2(C)[C@H]3CCC23OCCO3)C1)(c1ccccc1)c1ccccc1. The fraction of sp³-hybridized carbons (Fsp3) is 0.649. The summed E-state index contributed by atoms with van der Waals surface area (Å²) in [5.41, 5.74) is 0.144. The van der Waals surface area contributed by atoms with Crippen LogP contribution in [0.3, 0.4) is 0 Å². The molecule has 2 aromatic rings. The second-order valence-electron chi connectivity index (χ2n) is 15.7. The van der Waals surface area contributed by atoms with Crippen molar-refractivity contribution in [3.05, 3.63) is 60.7 Å². The van der Waals surface area contributed by atoms with Crippen molar-refractivity contribution in [1.82, 2.24) is 0 Å². The molecule has 4 nitrogen and oxygen atoms in total. The van der Waals surface area contributed by atoms with Crippen LogP contribution in [-0.4, -0.2) is 39.2 Å².